The summed E-state index contributed by atoms with van der Waals surface area (Å²) in [6.07, 6.45) is 29.2. The largest absolute Gasteiger partial charge is 0.456 e. The molecule has 19 heteroatoms. The number of benzene rings is 11. The van der Waals surface area contributed by atoms with E-state index in [1.165, 1.54) is 143 Å². The highest BCUT2D eigenvalue weighted by Crippen LogP contribution is 2.46. The first-order valence-corrected chi connectivity index (χ1v) is 48.9. The third-order valence-corrected chi connectivity index (χ3v) is 29.0. The Morgan fingerprint density at radius 1 is 0.276 bits per heavy atom. The fourth-order valence-electron chi connectivity index (χ4n) is 21.9. The van der Waals surface area contributed by atoms with Gasteiger partial charge in [0.25, 0.3) is 16.9 Å². The van der Waals surface area contributed by atoms with Gasteiger partial charge in [0.1, 0.15) is 92.5 Å². The van der Waals surface area contributed by atoms with E-state index in [1.54, 1.807) is 0 Å². The van der Waals surface area contributed by atoms with Crippen LogP contribution >= 0.6 is 0 Å². The van der Waals surface area contributed by atoms with Crippen LogP contribution in [-0.4, -0.2) is 31.7 Å². The van der Waals surface area contributed by atoms with Gasteiger partial charge in [-0.25, -0.2) is 40.9 Å². The van der Waals surface area contributed by atoms with Crippen LogP contribution in [0.5, 0.6) is 0 Å². The summed E-state index contributed by atoms with van der Waals surface area (Å²) >= 11 is 0. The van der Waals surface area contributed by atoms with E-state index in [9.17, 15) is 0 Å². The van der Waals surface area contributed by atoms with Crippen molar-refractivity contribution < 1.29 is 53.9 Å². The van der Waals surface area contributed by atoms with Crippen LogP contribution in [0.15, 0.2) is 417 Å². The Morgan fingerprint density at radius 2 is 0.731 bits per heavy atom. The van der Waals surface area contributed by atoms with Gasteiger partial charge in [-0.3, -0.25) is 0 Å². The molecule has 0 saturated carbocycles. The number of fused-ring (bicyclic) bond motifs is 24. The van der Waals surface area contributed by atoms with Crippen molar-refractivity contribution in [3.63, 3.8) is 0 Å². The third kappa shape index (κ3) is 14.7. The molecule has 0 saturated heterocycles. The van der Waals surface area contributed by atoms with Crippen LogP contribution in [0.1, 0.15) is 39.1 Å². The molecule has 0 radical (unpaired) electrons. The molecule has 0 aliphatic heterocycles. The maximum atomic E-state index is 6.27. The second-order valence-electron chi connectivity index (χ2n) is 38.0. The molecule has 30 aromatic rings. The Morgan fingerprint density at radius 3 is 1.35 bits per heavy atom. The molecule has 145 heavy (non-hydrogen) atoms. The molecule has 0 spiro atoms. The maximum absolute atomic E-state index is 6.27. The van der Waals surface area contributed by atoms with Gasteiger partial charge >= 0.3 is 0 Å². The molecule has 0 aliphatic rings. The number of para-hydroxylation sites is 5. The van der Waals surface area contributed by atoms with E-state index in [0.29, 0.717) is 5.71 Å². The molecule has 19 nitrogen and oxygen atoms in total. The first kappa shape index (κ1) is 88.0. The fourth-order valence-corrected chi connectivity index (χ4v) is 21.9. The number of nitrogens with zero attached hydrogens (tertiary/aromatic N) is 13. The van der Waals surface area contributed by atoms with E-state index in [2.05, 4.69) is 442 Å². The number of imidazole rings is 3. The second-order valence-corrected chi connectivity index (χ2v) is 38.0. The molecular formula is C126H103N13O6+6. The summed E-state index contributed by atoms with van der Waals surface area (Å²) in [6.45, 7) is 14.9. The van der Waals surface area contributed by atoms with Crippen LogP contribution in [-0.2, 0) is 42.3 Å². The predicted molar refractivity (Wildman–Crippen MR) is 579 cm³/mol. The van der Waals surface area contributed by atoms with Gasteiger partial charge in [0.2, 0.25) is 23.4 Å². The summed E-state index contributed by atoms with van der Waals surface area (Å²) < 4.78 is 63.2. The normalized spacial score (nSPS) is 11.8. The highest BCUT2D eigenvalue weighted by Gasteiger charge is 2.31. The van der Waals surface area contributed by atoms with Crippen molar-refractivity contribution in [3.05, 3.63) is 429 Å². The fraction of sp³-hybridized carbons (Fsp3) is 0.103. The highest BCUT2D eigenvalue weighted by atomic mass is 16.4. The highest BCUT2D eigenvalue weighted by molar-refractivity contribution is 6.16. The Bertz CT molecular complexity index is 10500. The van der Waals surface area contributed by atoms with Gasteiger partial charge in [0, 0.05) is 106 Å². The summed E-state index contributed by atoms with van der Waals surface area (Å²) in [5.74, 6) is 0. The average molecular weight is 1900 g/mol. The molecule has 0 amide bonds. The van der Waals surface area contributed by atoms with Gasteiger partial charge in [0.15, 0.2) is 35.7 Å². The number of rotatable bonds is 6. The van der Waals surface area contributed by atoms with Crippen molar-refractivity contribution in [2.24, 2.45) is 42.3 Å². The zero-order chi connectivity index (χ0) is 98.4. The van der Waals surface area contributed by atoms with Crippen LogP contribution in [0.3, 0.4) is 0 Å². The summed E-state index contributed by atoms with van der Waals surface area (Å²) in [4.78, 5) is 4.56. The summed E-state index contributed by atoms with van der Waals surface area (Å²) in [7, 11) is 12.5. The zero-order valence-corrected chi connectivity index (χ0v) is 82.7. The Balaban J connectivity index is 0.0000000909. The molecule has 19 aromatic heterocycles. The molecule has 0 bridgehead atoms. The summed E-state index contributed by atoms with van der Waals surface area (Å²) in [6, 6.07) is 105. The van der Waals surface area contributed by atoms with Crippen molar-refractivity contribution in [1.82, 2.24) is 31.7 Å². The quantitative estimate of drug-likeness (QED) is 0.151. The van der Waals surface area contributed by atoms with Gasteiger partial charge in [-0.2, -0.15) is 4.57 Å². The van der Waals surface area contributed by atoms with Crippen LogP contribution < -0.4 is 27.4 Å². The molecule has 0 atom stereocenters. The van der Waals surface area contributed by atoms with Crippen molar-refractivity contribution in [1.29, 1.82) is 0 Å². The molecular weight excluding hydrogens is 1790 g/mol. The smallest absolute Gasteiger partial charge is 0.294 e. The lowest BCUT2D eigenvalue weighted by Gasteiger charge is -2.07. The molecule has 11 aromatic carbocycles. The number of aryl methyl sites for hydroxylation is 13. The van der Waals surface area contributed by atoms with E-state index in [-0.39, 0.29) is 0 Å². The van der Waals surface area contributed by atoms with Crippen LogP contribution in [0.25, 0.3) is 233 Å². The number of furan rings is 6. The minimum absolute atomic E-state index is 0.702. The number of hydrogen-bond acceptors (Lipinski definition) is 7. The lowest BCUT2D eigenvalue weighted by atomic mass is 9.98. The standard InChI is InChI=1S/C21H18N3O.5C21H17N2O/c1-13-7-9-16-17-10-8-14(2)22-21(17)25-20(16)19(13)18-12-15-6-4-5-11-24(15)23(18)3;1-14-10-11-16-15-7-3-4-9-18(15)24-21(16)19(14)20-17-8-5-6-12-23(17)13-22(20)2;1-14-10-11-16-15-7-3-4-8-18(15)24-21(16)20(14)17-13-23-12-6-5-9-19(23)22(17)2;1-14-9-10-16-15-6-3-4-8-18(15)24-20(16)19(14)17-7-5-11-23-13-12-22(2)21(17)23;1-14-12-17-15-6-3-4-8-19(15)24-20(17)13-16(14)21-18-7-5-9-23(18)11-10-22(21)2;1-14-8-9-16-15-6-3-4-7-18(15)24-20(16)19(14)17-10-13-23-12-5-11-22(2)21(17)23/h4-12H,1-3H3;5*3-13H,1-2H3/q6*+1. The van der Waals surface area contributed by atoms with Gasteiger partial charge in [-0.15, -0.1) is 9.20 Å². The SMILES string of the molecule is Cc1cc2c(cc1-c1c3cccn3cc[n+]1C)oc1ccccc12.Cc1ccc2c(n1)oc1c(-c3cc4ccccn4[n+]3C)c(C)ccc12.Cc1ccc2c(oc3ccccc32)c1-c1c2ccccn2c[n+]1C.Cc1ccc2c(oc3ccccc32)c1-c1c[n+]2ccccc2n1C.Cc1ccc2c(oc3ccccc32)c1-c1cccn2cc[n+](C)c12.Cc1ccc2c(oc3ccccc32)c1-c1ccn2ccc[n+](C)c12. The zero-order valence-electron chi connectivity index (χ0n) is 82.7. The van der Waals surface area contributed by atoms with Crippen molar-refractivity contribution in [3.8, 4) is 67.3 Å². The Labute approximate surface area is 832 Å². The molecule has 0 N–H and O–H groups in total. The Kier molecular flexibility index (Phi) is 21.3. The molecule has 30 rings (SSSR count). The summed E-state index contributed by atoms with van der Waals surface area (Å²) in [5.41, 5.74) is 40.4. The monoisotopic (exact) mass is 1890 g/mol. The minimum Gasteiger partial charge on any atom is -0.456 e. The number of aromatic nitrogens is 13. The van der Waals surface area contributed by atoms with E-state index in [4.69, 9.17) is 26.5 Å². The minimum atomic E-state index is 0.702. The first-order chi connectivity index (χ1) is 70.8. The van der Waals surface area contributed by atoms with Crippen molar-refractivity contribution in [2.75, 3.05) is 0 Å². The molecule has 0 fully saturated rings. The topological polar surface area (TPSA) is 142 Å². The maximum Gasteiger partial charge on any atom is 0.294 e. The second kappa shape index (κ2) is 35.1. The number of pyridine rings is 5. The molecule has 19 heterocycles. The number of hydrogen-bond donors (Lipinski definition) is 0. The molecule has 0 aliphatic carbocycles. The first-order valence-electron chi connectivity index (χ1n) is 48.9. The van der Waals surface area contributed by atoms with Gasteiger partial charge < -0.3 is 30.9 Å². The molecule has 0 unspecified atom stereocenters. The van der Waals surface area contributed by atoms with E-state index in [1.807, 2.05) is 97.9 Å². The third-order valence-electron chi connectivity index (χ3n) is 29.0. The lowest BCUT2D eigenvalue weighted by molar-refractivity contribution is -0.727. The van der Waals surface area contributed by atoms with Crippen LogP contribution in [0, 0.1) is 48.5 Å². The van der Waals surface area contributed by atoms with Gasteiger partial charge in [-0.05, 0) is 197 Å². The predicted octanol–water partition coefficient (Wildman–Crippen LogP) is 27.5. The van der Waals surface area contributed by atoms with Crippen LogP contribution in [0.2, 0.25) is 0 Å². The van der Waals surface area contributed by atoms with E-state index < -0.39 is 0 Å². The van der Waals surface area contributed by atoms with E-state index in [0.717, 1.165) is 123 Å². The summed E-state index contributed by atoms with van der Waals surface area (Å²) in [5, 5.41) is 13.9. The van der Waals surface area contributed by atoms with Crippen LogP contribution in [0.4, 0.5) is 0 Å². The lowest BCUT2D eigenvalue weighted by Crippen LogP contribution is -2.36. The molecule has 702 valence electrons. The van der Waals surface area contributed by atoms with Gasteiger partial charge in [-0.1, -0.05) is 170 Å². The van der Waals surface area contributed by atoms with Crippen molar-refractivity contribution >= 4 is 165 Å². The van der Waals surface area contributed by atoms with Gasteiger partial charge in [0.05, 0.1) is 111 Å². The Hall–Kier alpha value is -18.5. The average Bonchev–Trinajstić information content (AvgIpc) is 1.60. The van der Waals surface area contributed by atoms with Crippen molar-refractivity contribution in [2.45, 2.75) is 48.5 Å². The van der Waals surface area contributed by atoms with E-state index >= 15 is 0 Å².